The fraction of sp³-hybridized carbons (Fsp3) is 0.462. The summed E-state index contributed by atoms with van der Waals surface area (Å²) >= 11 is 0. The number of carbonyl (C=O) groups excluding carboxylic acids is 1. The summed E-state index contributed by atoms with van der Waals surface area (Å²) in [5, 5.41) is 14.1. The Hall–Kier alpha value is -2.11. The molecule has 0 saturated heterocycles. The normalized spacial score (nSPS) is 13.5. The Morgan fingerprint density at radius 3 is 3.21 bits per heavy atom. The maximum absolute atomic E-state index is 12.0. The molecule has 2 N–H and O–H groups in total. The highest BCUT2D eigenvalue weighted by atomic mass is 16.1. The predicted molar refractivity (Wildman–Crippen MR) is 69.9 cm³/mol. The number of carbonyl (C=O) groups is 1. The van der Waals surface area contributed by atoms with Crippen molar-refractivity contribution in [2.45, 2.75) is 25.7 Å². The van der Waals surface area contributed by atoms with E-state index in [0.717, 1.165) is 42.5 Å². The number of rotatable bonds is 4. The van der Waals surface area contributed by atoms with Gasteiger partial charge in [0.1, 0.15) is 0 Å². The van der Waals surface area contributed by atoms with Crippen LogP contribution in [-0.4, -0.2) is 32.4 Å². The van der Waals surface area contributed by atoms with Gasteiger partial charge in [-0.1, -0.05) is 0 Å². The van der Waals surface area contributed by atoms with Crippen LogP contribution in [-0.2, 0) is 26.3 Å². The number of amides is 1. The quantitative estimate of drug-likeness (QED) is 0.844. The molecule has 19 heavy (non-hydrogen) atoms. The lowest BCUT2D eigenvalue weighted by atomic mass is 10.2. The van der Waals surface area contributed by atoms with Crippen molar-refractivity contribution in [3.63, 3.8) is 0 Å². The second-order valence-electron chi connectivity index (χ2n) is 4.91. The van der Waals surface area contributed by atoms with E-state index >= 15 is 0 Å². The fourth-order valence-electron chi connectivity index (χ4n) is 2.51. The van der Waals surface area contributed by atoms with Gasteiger partial charge in [0.15, 0.2) is 5.69 Å². The van der Waals surface area contributed by atoms with E-state index in [1.54, 1.807) is 4.68 Å². The van der Waals surface area contributed by atoms with Gasteiger partial charge in [-0.05, 0) is 31.2 Å². The molecular formula is C13H17N5O. The zero-order chi connectivity index (χ0) is 13.2. The largest absolute Gasteiger partial charge is 0.350 e. The smallest absolute Gasteiger partial charge is 0.272 e. The molecule has 6 heteroatoms. The van der Waals surface area contributed by atoms with Gasteiger partial charge >= 0.3 is 0 Å². The molecular weight excluding hydrogens is 242 g/mol. The second kappa shape index (κ2) is 4.87. The summed E-state index contributed by atoms with van der Waals surface area (Å²) in [5.41, 5.74) is 3.91. The van der Waals surface area contributed by atoms with Crippen LogP contribution < -0.4 is 5.32 Å². The summed E-state index contributed by atoms with van der Waals surface area (Å²) in [5.74, 6) is -0.0803. The fourth-order valence-corrected chi connectivity index (χ4v) is 2.51. The minimum absolute atomic E-state index is 0.0803. The van der Waals surface area contributed by atoms with Crippen LogP contribution in [0.25, 0.3) is 0 Å². The third-order valence-corrected chi connectivity index (χ3v) is 3.48. The molecule has 0 saturated carbocycles. The highest BCUT2D eigenvalue weighted by Crippen LogP contribution is 2.22. The van der Waals surface area contributed by atoms with Gasteiger partial charge in [0.05, 0.1) is 6.20 Å². The highest BCUT2D eigenvalue weighted by molar-refractivity contribution is 5.94. The number of H-pyrrole nitrogens is 1. The molecule has 0 fully saturated rings. The maximum Gasteiger partial charge on any atom is 0.272 e. The van der Waals surface area contributed by atoms with Crippen LogP contribution in [0.15, 0.2) is 12.4 Å². The Morgan fingerprint density at radius 1 is 1.53 bits per heavy atom. The summed E-state index contributed by atoms with van der Waals surface area (Å²) in [7, 11) is 1.88. The van der Waals surface area contributed by atoms with Crippen molar-refractivity contribution in [2.75, 3.05) is 6.54 Å². The van der Waals surface area contributed by atoms with Gasteiger partial charge in [-0.2, -0.15) is 10.2 Å². The molecule has 0 aliphatic heterocycles. The van der Waals surface area contributed by atoms with E-state index in [4.69, 9.17) is 0 Å². The van der Waals surface area contributed by atoms with Gasteiger partial charge in [0.2, 0.25) is 0 Å². The minimum atomic E-state index is -0.0803. The van der Waals surface area contributed by atoms with E-state index in [-0.39, 0.29) is 5.91 Å². The Kier molecular flexibility index (Phi) is 3.06. The molecule has 0 aromatic carbocycles. The monoisotopic (exact) mass is 259 g/mol. The first kappa shape index (κ1) is 12.0. The topological polar surface area (TPSA) is 75.6 Å². The number of nitrogens with one attached hydrogen (secondary N) is 2. The van der Waals surface area contributed by atoms with Crippen LogP contribution in [0.4, 0.5) is 0 Å². The van der Waals surface area contributed by atoms with Crippen molar-refractivity contribution in [1.82, 2.24) is 25.3 Å². The first-order valence-corrected chi connectivity index (χ1v) is 6.56. The summed E-state index contributed by atoms with van der Waals surface area (Å²) < 4.78 is 1.76. The Labute approximate surface area is 111 Å². The Bertz CT molecular complexity index is 598. The van der Waals surface area contributed by atoms with E-state index < -0.39 is 0 Å². The molecule has 0 bridgehead atoms. The first-order valence-electron chi connectivity index (χ1n) is 6.56. The van der Waals surface area contributed by atoms with Gasteiger partial charge in [0.25, 0.3) is 5.91 Å². The van der Waals surface area contributed by atoms with Gasteiger partial charge < -0.3 is 5.32 Å². The van der Waals surface area contributed by atoms with Crippen molar-refractivity contribution in [3.8, 4) is 0 Å². The average Bonchev–Trinajstić information content (AvgIpc) is 3.04. The lowest BCUT2D eigenvalue weighted by molar-refractivity contribution is 0.0948. The lowest BCUT2D eigenvalue weighted by Gasteiger charge is -2.03. The number of aryl methyl sites for hydroxylation is 2. The molecule has 1 aliphatic rings. The molecule has 100 valence electrons. The van der Waals surface area contributed by atoms with Crippen molar-refractivity contribution < 1.29 is 4.79 Å². The van der Waals surface area contributed by atoms with E-state index in [1.165, 1.54) is 0 Å². The molecule has 0 spiro atoms. The van der Waals surface area contributed by atoms with E-state index in [9.17, 15) is 4.79 Å². The van der Waals surface area contributed by atoms with Gasteiger partial charge in [-0.25, -0.2) is 0 Å². The number of hydrogen-bond donors (Lipinski definition) is 2. The minimum Gasteiger partial charge on any atom is -0.350 e. The van der Waals surface area contributed by atoms with Crippen LogP contribution in [0.2, 0.25) is 0 Å². The standard InChI is InChI=1S/C13H17N5O/c1-18-8-9(7-15-18)5-6-14-13(19)12-10-3-2-4-11(10)16-17-12/h7-8H,2-6H2,1H3,(H,14,19)(H,16,17). The molecule has 0 unspecified atom stereocenters. The SMILES string of the molecule is Cn1cc(CCNC(=O)c2n[nH]c3c2CCC3)cn1. The first-order chi connectivity index (χ1) is 9.24. The van der Waals surface area contributed by atoms with Gasteiger partial charge in [0, 0.05) is 31.0 Å². The number of aromatic nitrogens is 4. The molecule has 6 nitrogen and oxygen atoms in total. The predicted octanol–water partition coefficient (Wildman–Crippen LogP) is 0.604. The van der Waals surface area contributed by atoms with Crippen LogP contribution >= 0.6 is 0 Å². The number of nitrogens with zero attached hydrogens (tertiary/aromatic N) is 3. The summed E-state index contributed by atoms with van der Waals surface area (Å²) in [4.78, 5) is 12.0. The molecule has 1 aliphatic carbocycles. The van der Waals surface area contributed by atoms with Crippen LogP contribution in [0.1, 0.15) is 33.7 Å². The van der Waals surface area contributed by atoms with Crippen molar-refractivity contribution in [2.24, 2.45) is 7.05 Å². The van der Waals surface area contributed by atoms with Crippen molar-refractivity contribution in [1.29, 1.82) is 0 Å². The molecule has 2 heterocycles. The van der Waals surface area contributed by atoms with Gasteiger partial charge in [-0.15, -0.1) is 0 Å². The summed E-state index contributed by atoms with van der Waals surface area (Å²) in [6, 6.07) is 0. The average molecular weight is 259 g/mol. The second-order valence-corrected chi connectivity index (χ2v) is 4.91. The molecule has 0 atom stereocenters. The highest BCUT2D eigenvalue weighted by Gasteiger charge is 2.22. The van der Waals surface area contributed by atoms with E-state index in [1.807, 2.05) is 19.4 Å². The van der Waals surface area contributed by atoms with Crippen LogP contribution in [0.5, 0.6) is 0 Å². The van der Waals surface area contributed by atoms with Crippen LogP contribution in [0.3, 0.4) is 0 Å². The van der Waals surface area contributed by atoms with E-state index in [0.29, 0.717) is 12.2 Å². The lowest BCUT2D eigenvalue weighted by Crippen LogP contribution is -2.26. The zero-order valence-electron chi connectivity index (χ0n) is 10.9. The summed E-state index contributed by atoms with van der Waals surface area (Å²) in [6.45, 7) is 0.603. The molecule has 1 amide bonds. The maximum atomic E-state index is 12.0. The third kappa shape index (κ3) is 2.38. The van der Waals surface area contributed by atoms with Crippen molar-refractivity contribution >= 4 is 5.91 Å². The summed E-state index contributed by atoms with van der Waals surface area (Å²) in [6.07, 6.45) is 7.63. The molecule has 3 rings (SSSR count). The molecule has 2 aromatic heterocycles. The van der Waals surface area contributed by atoms with Crippen molar-refractivity contribution in [3.05, 3.63) is 34.9 Å². The number of aromatic amines is 1. The Morgan fingerprint density at radius 2 is 2.42 bits per heavy atom. The van der Waals surface area contributed by atoms with Gasteiger partial charge in [-0.3, -0.25) is 14.6 Å². The van der Waals surface area contributed by atoms with E-state index in [2.05, 4.69) is 20.6 Å². The number of hydrogen-bond acceptors (Lipinski definition) is 3. The number of fused-ring (bicyclic) bond motifs is 1. The zero-order valence-corrected chi connectivity index (χ0v) is 10.9. The Balaban J connectivity index is 1.56. The van der Waals surface area contributed by atoms with Crippen LogP contribution in [0, 0.1) is 0 Å². The molecule has 2 aromatic rings. The molecule has 0 radical (unpaired) electrons. The third-order valence-electron chi connectivity index (χ3n) is 3.48.